The molecule has 4 aromatic heterocycles. The molecule has 0 bridgehead atoms. The van der Waals surface area contributed by atoms with Gasteiger partial charge in [0, 0.05) is 44.7 Å². The Morgan fingerprint density at radius 2 is 1.94 bits per heavy atom. The van der Waals surface area contributed by atoms with Crippen molar-refractivity contribution in [2.75, 3.05) is 31.7 Å². The van der Waals surface area contributed by atoms with Gasteiger partial charge in [0.05, 0.1) is 42.5 Å². The Morgan fingerprint density at radius 3 is 2.74 bits per heavy atom. The van der Waals surface area contributed by atoms with Crippen LogP contribution in [0.2, 0.25) is 0 Å². The zero-order valence-corrected chi connectivity index (χ0v) is 19.5. The first kappa shape index (κ1) is 23.3. The number of imidazole rings is 1. The van der Waals surface area contributed by atoms with Gasteiger partial charge in [0.25, 0.3) is 0 Å². The SMILES string of the molecule is COCCn1cc([C@@H]2C[C@H](C)CN(c3nccc(-c4cnc5ccc(C(F)(F)F)cn45)n3)C2)cn1. The number of hydrogen-bond donors (Lipinski definition) is 0. The number of ether oxygens (including phenoxy) is 1. The third-order valence-electron chi connectivity index (χ3n) is 6.33. The standard InChI is InChI=1S/C24H26F3N7O/c1-16-9-17(18-10-30-33(14-18)7-8-35-2)13-32(12-16)23-28-6-5-20(31-23)21-11-29-22-4-3-19(15-34(21)22)24(25,26)27/h3-6,10-11,14-17H,7-9,12-13H2,1-2H3/t16-,17+/m0/s1. The molecule has 5 rings (SSSR count). The Balaban J connectivity index is 1.42. The largest absolute Gasteiger partial charge is 0.417 e. The lowest BCUT2D eigenvalue weighted by atomic mass is 9.87. The molecule has 0 aromatic carbocycles. The summed E-state index contributed by atoms with van der Waals surface area (Å²) >= 11 is 0. The summed E-state index contributed by atoms with van der Waals surface area (Å²) in [4.78, 5) is 15.6. The molecule has 2 atom stereocenters. The molecule has 184 valence electrons. The van der Waals surface area contributed by atoms with Gasteiger partial charge in [-0.1, -0.05) is 6.92 Å². The van der Waals surface area contributed by atoms with E-state index in [2.05, 4.69) is 33.1 Å². The van der Waals surface area contributed by atoms with E-state index in [9.17, 15) is 13.2 Å². The van der Waals surface area contributed by atoms with Crippen molar-refractivity contribution in [3.8, 4) is 11.4 Å². The molecule has 0 unspecified atom stereocenters. The molecular formula is C24H26F3N7O. The average Bonchev–Trinajstić information content (AvgIpc) is 3.49. The summed E-state index contributed by atoms with van der Waals surface area (Å²) < 4.78 is 48.2. The van der Waals surface area contributed by atoms with Crippen molar-refractivity contribution >= 4 is 11.6 Å². The fourth-order valence-corrected chi connectivity index (χ4v) is 4.64. The number of aromatic nitrogens is 6. The highest BCUT2D eigenvalue weighted by atomic mass is 19.4. The minimum atomic E-state index is -4.44. The number of methoxy groups -OCH3 is 1. The van der Waals surface area contributed by atoms with Crippen molar-refractivity contribution in [2.45, 2.75) is 32.0 Å². The Labute approximate surface area is 200 Å². The molecule has 0 spiro atoms. The van der Waals surface area contributed by atoms with Crippen LogP contribution < -0.4 is 4.90 Å². The van der Waals surface area contributed by atoms with Gasteiger partial charge in [0.1, 0.15) is 5.65 Å². The average molecular weight is 486 g/mol. The zero-order valence-electron chi connectivity index (χ0n) is 19.5. The molecule has 8 nitrogen and oxygen atoms in total. The van der Waals surface area contributed by atoms with Gasteiger partial charge >= 0.3 is 6.18 Å². The van der Waals surface area contributed by atoms with E-state index in [4.69, 9.17) is 9.72 Å². The number of hydrogen-bond acceptors (Lipinski definition) is 6. The summed E-state index contributed by atoms with van der Waals surface area (Å²) in [5.41, 5.74) is 1.85. The number of nitrogens with zero attached hydrogens (tertiary/aromatic N) is 7. The van der Waals surface area contributed by atoms with Crippen molar-refractivity contribution in [3.63, 3.8) is 0 Å². The van der Waals surface area contributed by atoms with E-state index in [1.54, 1.807) is 19.4 Å². The second-order valence-electron chi connectivity index (χ2n) is 9.00. The van der Waals surface area contributed by atoms with Crippen LogP contribution in [0.25, 0.3) is 17.0 Å². The topological polar surface area (TPSA) is 73.4 Å². The number of piperidine rings is 1. The van der Waals surface area contributed by atoms with Crippen LogP contribution in [-0.2, 0) is 17.5 Å². The minimum Gasteiger partial charge on any atom is -0.383 e. The molecule has 11 heteroatoms. The molecule has 0 amide bonds. The molecule has 0 N–H and O–H groups in total. The third-order valence-corrected chi connectivity index (χ3v) is 6.33. The first-order chi connectivity index (χ1) is 16.8. The van der Waals surface area contributed by atoms with Gasteiger partial charge in [-0.25, -0.2) is 15.0 Å². The van der Waals surface area contributed by atoms with E-state index in [0.717, 1.165) is 37.3 Å². The molecule has 1 aliphatic rings. The van der Waals surface area contributed by atoms with Gasteiger partial charge in [-0.05, 0) is 36.1 Å². The molecule has 1 saturated heterocycles. The van der Waals surface area contributed by atoms with E-state index in [0.29, 0.717) is 42.1 Å². The van der Waals surface area contributed by atoms with Gasteiger partial charge in [-0.3, -0.25) is 9.08 Å². The molecular weight excluding hydrogens is 459 g/mol. The van der Waals surface area contributed by atoms with Crippen LogP contribution in [0.5, 0.6) is 0 Å². The van der Waals surface area contributed by atoms with Crippen molar-refractivity contribution in [3.05, 3.63) is 60.3 Å². The molecule has 1 aliphatic heterocycles. The second kappa shape index (κ2) is 9.29. The monoisotopic (exact) mass is 485 g/mol. The normalized spacial score (nSPS) is 18.9. The van der Waals surface area contributed by atoms with E-state index in [1.165, 1.54) is 16.7 Å². The van der Waals surface area contributed by atoms with Crippen molar-refractivity contribution in [1.82, 2.24) is 29.1 Å². The predicted octanol–water partition coefficient (Wildman–Crippen LogP) is 4.28. The fraction of sp³-hybridized carbons (Fsp3) is 0.417. The molecule has 1 fully saturated rings. The second-order valence-corrected chi connectivity index (χ2v) is 9.00. The van der Waals surface area contributed by atoms with Gasteiger partial charge in [0.2, 0.25) is 5.95 Å². The van der Waals surface area contributed by atoms with E-state index < -0.39 is 11.7 Å². The predicted molar refractivity (Wildman–Crippen MR) is 124 cm³/mol. The number of halogens is 3. The molecule has 5 heterocycles. The van der Waals surface area contributed by atoms with Crippen LogP contribution in [0.4, 0.5) is 19.1 Å². The van der Waals surface area contributed by atoms with Crippen LogP contribution in [0, 0.1) is 5.92 Å². The summed E-state index contributed by atoms with van der Waals surface area (Å²) in [6.07, 6.45) is 4.79. The van der Waals surface area contributed by atoms with Crippen molar-refractivity contribution in [2.24, 2.45) is 5.92 Å². The highest BCUT2D eigenvalue weighted by Gasteiger charge is 2.31. The van der Waals surface area contributed by atoms with E-state index in [-0.39, 0.29) is 5.92 Å². The lowest BCUT2D eigenvalue weighted by molar-refractivity contribution is -0.137. The van der Waals surface area contributed by atoms with Crippen molar-refractivity contribution < 1.29 is 17.9 Å². The molecule has 0 aliphatic carbocycles. The minimum absolute atomic E-state index is 0.271. The Bertz CT molecular complexity index is 1320. The van der Waals surface area contributed by atoms with E-state index >= 15 is 0 Å². The molecule has 0 radical (unpaired) electrons. The maximum absolute atomic E-state index is 13.3. The van der Waals surface area contributed by atoms with Gasteiger partial charge < -0.3 is 9.64 Å². The highest BCUT2D eigenvalue weighted by Crippen LogP contribution is 2.33. The summed E-state index contributed by atoms with van der Waals surface area (Å²) in [7, 11) is 1.67. The number of pyridine rings is 1. The third kappa shape index (κ3) is 4.86. The smallest absolute Gasteiger partial charge is 0.383 e. The summed E-state index contributed by atoms with van der Waals surface area (Å²) in [6.45, 7) is 5.02. The Morgan fingerprint density at radius 1 is 1.09 bits per heavy atom. The number of alkyl halides is 3. The van der Waals surface area contributed by atoms with Crippen molar-refractivity contribution in [1.29, 1.82) is 0 Å². The van der Waals surface area contributed by atoms with Crippen LogP contribution in [-0.4, -0.2) is 55.9 Å². The van der Waals surface area contributed by atoms with E-state index in [1.807, 2.05) is 10.9 Å². The van der Waals surface area contributed by atoms with Crippen LogP contribution in [0.15, 0.2) is 49.2 Å². The van der Waals surface area contributed by atoms with Crippen LogP contribution in [0.3, 0.4) is 0 Å². The lowest BCUT2D eigenvalue weighted by Gasteiger charge is -2.36. The maximum atomic E-state index is 13.3. The molecule has 4 aromatic rings. The lowest BCUT2D eigenvalue weighted by Crippen LogP contribution is -2.39. The number of anilines is 1. The quantitative estimate of drug-likeness (QED) is 0.406. The molecule has 35 heavy (non-hydrogen) atoms. The zero-order chi connectivity index (χ0) is 24.6. The van der Waals surface area contributed by atoms with Crippen LogP contribution in [0.1, 0.15) is 30.4 Å². The van der Waals surface area contributed by atoms with Crippen LogP contribution >= 0.6 is 0 Å². The molecule has 0 saturated carbocycles. The Hall–Kier alpha value is -3.47. The maximum Gasteiger partial charge on any atom is 0.417 e. The highest BCUT2D eigenvalue weighted by molar-refractivity contribution is 5.61. The fourth-order valence-electron chi connectivity index (χ4n) is 4.64. The summed E-state index contributed by atoms with van der Waals surface area (Å²) in [5, 5.41) is 4.45. The first-order valence-corrected chi connectivity index (χ1v) is 11.5. The Kier molecular flexibility index (Phi) is 6.18. The van der Waals surface area contributed by atoms with Gasteiger partial charge in [-0.15, -0.1) is 0 Å². The number of fused-ring (bicyclic) bond motifs is 1. The first-order valence-electron chi connectivity index (χ1n) is 11.5. The van der Waals surface area contributed by atoms with Gasteiger partial charge in [0.15, 0.2) is 0 Å². The summed E-state index contributed by atoms with van der Waals surface area (Å²) in [5.74, 6) is 1.23. The van der Waals surface area contributed by atoms with Gasteiger partial charge in [-0.2, -0.15) is 18.3 Å². The summed E-state index contributed by atoms with van der Waals surface area (Å²) in [6, 6.07) is 4.08. The number of rotatable bonds is 6.